The van der Waals surface area contributed by atoms with Crippen molar-refractivity contribution >= 4 is 55.3 Å². The van der Waals surface area contributed by atoms with Gasteiger partial charge in [0, 0.05) is 28.5 Å². The van der Waals surface area contributed by atoms with Gasteiger partial charge in [0.05, 0.1) is 16.0 Å². The van der Waals surface area contributed by atoms with Gasteiger partial charge in [0.1, 0.15) is 0 Å². The Morgan fingerprint density at radius 3 is 2.96 bits per heavy atom. The van der Waals surface area contributed by atoms with Crippen LogP contribution in [-0.2, 0) is 11.3 Å². The maximum atomic E-state index is 12.4. The van der Waals surface area contributed by atoms with E-state index in [1.54, 1.807) is 11.8 Å². The Kier molecular flexibility index (Phi) is 5.18. The van der Waals surface area contributed by atoms with Crippen LogP contribution in [0.5, 0.6) is 0 Å². The molecule has 0 aliphatic carbocycles. The lowest BCUT2D eigenvalue weighted by molar-refractivity contribution is -0.113. The topological polar surface area (TPSA) is 46.9 Å². The first kappa shape index (κ1) is 18.1. The minimum absolute atomic E-state index is 0.0249. The molecule has 2 heterocycles. The molecule has 0 spiro atoms. The molecule has 0 aliphatic heterocycles. The largest absolute Gasteiger partial charge is 0.346 e. The van der Waals surface area contributed by atoms with Crippen LogP contribution in [0.2, 0.25) is 0 Å². The molecule has 138 valence electrons. The smallest absolute Gasteiger partial charge is 0.236 e. The molecule has 27 heavy (non-hydrogen) atoms. The molecule has 0 bridgehead atoms. The minimum Gasteiger partial charge on any atom is -0.346 e. The third kappa shape index (κ3) is 3.87. The number of benzene rings is 2. The number of nitrogens with zero attached hydrogens (tertiary/aromatic N) is 2. The van der Waals surface area contributed by atoms with Crippen molar-refractivity contribution in [2.75, 3.05) is 11.1 Å². The number of thioether (sulfide) groups is 1. The standard InChI is InChI=1S/C21H21N3OS2/c1-3-10-24-12-19(15-6-4-5-7-17(15)24)26-13-20(25)23-21-22-16-9-8-14(2)11-18(16)27-21/h4-9,11-12H,3,10,13H2,1-2H3,(H,22,23,25). The fourth-order valence-corrected chi connectivity index (χ4v) is 5.01. The fraction of sp³-hybridized carbons (Fsp3) is 0.238. The van der Waals surface area contributed by atoms with E-state index in [1.165, 1.54) is 27.8 Å². The van der Waals surface area contributed by atoms with E-state index >= 15 is 0 Å². The highest BCUT2D eigenvalue weighted by Crippen LogP contribution is 2.31. The molecule has 0 radical (unpaired) electrons. The summed E-state index contributed by atoms with van der Waals surface area (Å²) in [5, 5.41) is 4.81. The predicted octanol–water partition coefficient (Wildman–Crippen LogP) is 5.70. The molecule has 2 aromatic heterocycles. The summed E-state index contributed by atoms with van der Waals surface area (Å²) >= 11 is 3.10. The Hall–Kier alpha value is -2.31. The number of aryl methyl sites for hydroxylation is 2. The zero-order chi connectivity index (χ0) is 18.8. The summed E-state index contributed by atoms with van der Waals surface area (Å²) in [7, 11) is 0. The normalized spacial score (nSPS) is 11.3. The summed E-state index contributed by atoms with van der Waals surface area (Å²) in [4.78, 5) is 18.1. The highest BCUT2D eigenvalue weighted by Gasteiger charge is 2.12. The van der Waals surface area contributed by atoms with E-state index in [0.29, 0.717) is 10.9 Å². The zero-order valence-corrected chi connectivity index (χ0v) is 17.0. The first-order valence-corrected chi connectivity index (χ1v) is 10.8. The molecule has 0 atom stereocenters. The average Bonchev–Trinajstić information content (AvgIpc) is 3.21. The average molecular weight is 396 g/mol. The molecule has 4 nitrogen and oxygen atoms in total. The van der Waals surface area contributed by atoms with Crippen LogP contribution in [0.1, 0.15) is 18.9 Å². The lowest BCUT2D eigenvalue weighted by Gasteiger charge is -2.01. The highest BCUT2D eigenvalue weighted by molar-refractivity contribution is 8.00. The van der Waals surface area contributed by atoms with Gasteiger partial charge in [-0.3, -0.25) is 4.79 Å². The number of fused-ring (bicyclic) bond motifs is 2. The van der Waals surface area contributed by atoms with Gasteiger partial charge >= 0.3 is 0 Å². The first-order valence-electron chi connectivity index (χ1n) is 9.02. The van der Waals surface area contributed by atoms with Crippen molar-refractivity contribution in [2.24, 2.45) is 0 Å². The molecule has 1 N–H and O–H groups in total. The van der Waals surface area contributed by atoms with Crippen LogP contribution in [0.15, 0.2) is 53.6 Å². The van der Waals surface area contributed by atoms with E-state index in [0.717, 1.165) is 28.1 Å². The number of carbonyl (C=O) groups is 1. The molecule has 0 fully saturated rings. The number of amides is 1. The second-order valence-corrected chi connectivity index (χ2v) is 8.58. The number of para-hydroxylation sites is 1. The molecule has 4 rings (SSSR count). The number of anilines is 1. The van der Waals surface area contributed by atoms with E-state index in [9.17, 15) is 4.79 Å². The van der Waals surface area contributed by atoms with Crippen LogP contribution in [0.3, 0.4) is 0 Å². The molecule has 4 aromatic rings. The van der Waals surface area contributed by atoms with Crippen LogP contribution in [0.4, 0.5) is 5.13 Å². The molecule has 0 saturated carbocycles. The summed E-state index contributed by atoms with van der Waals surface area (Å²) < 4.78 is 3.37. The van der Waals surface area contributed by atoms with Gasteiger partial charge in [0.15, 0.2) is 5.13 Å². The summed E-state index contributed by atoms with van der Waals surface area (Å²) in [6.07, 6.45) is 3.24. The first-order chi connectivity index (χ1) is 13.1. The number of nitrogens with one attached hydrogen (secondary N) is 1. The number of aromatic nitrogens is 2. The summed E-state index contributed by atoms with van der Waals surface area (Å²) in [6, 6.07) is 14.5. The van der Waals surface area contributed by atoms with E-state index in [4.69, 9.17) is 0 Å². The van der Waals surface area contributed by atoms with Gasteiger partial charge in [0.25, 0.3) is 0 Å². The summed E-state index contributed by atoms with van der Waals surface area (Å²) in [5.41, 5.74) is 3.35. The molecular weight excluding hydrogens is 374 g/mol. The molecule has 1 amide bonds. The molecule has 0 saturated heterocycles. The van der Waals surface area contributed by atoms with Gasteiger partial charge in [0.2, 0.25) is 5.91 Å². The van der Waals surface area contributed by atoms with E-state index in [-0.39, 0.29) is 5.91 Å². The maximum absolute atomic E-state index is 12.4. The SMILES string of the molecule is CCCn1cc(SCC(=O)Nc2nc3ccc(C)cc3s2)c2ccccc21. The van der Waals surface area contributed by atoms with Gasteiger partial charge in [-0.15, -0.1) is 11.8 Å². The maximum Gasteiger partial charge on any atom is 0.236 e. The third-order valence-corrected chi connectivity index (χ3v) is 6.34. The van der Waals surface area contributed by atoms with Crippen molar-refractivity contribution in [1.82, 2.24) is 9.55 Å². The van der Waals surface area contributed by atoms with Gasteiger partial charge in [-0.25, -0.2) is 4.98 Å². The lowest BCUT2D eigenvalue weighted by Crippen LogP contribution is -2.13. The van der Waals surface area contributed by atoms with Gasteiger partial charge in [-0.1, -0.05) is 42.5 Å². The Balaban J connectivity index is 1.46. The van der Waals surface area contributed by atoms with Crippen LogP contribution >= 0.6 is 23.1 Å². The van der Waals surface area contributed by atoms with E-state index in [1.807, 2.05) is 18.2 Å². The summed E-state index contributed by atoms with van der Waals surface area (Å²) in [6.45, 7) is 5.22. The van der Waals surface area contributed by atoms with Crippen molar-refractivity contribution < 1.29 is 4.79 Å². The second-order valence-electron chi connectivity index (χ2n) is 6.53. The number of carbonyl (C=O) groups excluding carboxylic acids is 1. The summed E-state index contributed by atoms with van der Waals surface area (Å²) in [5.74, 6) is 0.345. The van der Waals surface area contributed by atoms with Crippen molar-refractivity contribution in [3.8, 4) is 0 Å². The lowest BCUT2D eigenvalue weighted by atomic mass is 10.2. The molecular formula is C21H21N3OS2. The van der Waals surface area contributed by atoms with Crippen molar-refractivity contribution in [3.05, 3.63) is 54.2 Å². The number of hydrogen-bond acceptors (Lipinski definition) is 4. The van der Waals surface area contributed by atoms with Gasteiger partial charge in [-0.05, 0) is 37.1 Å². The van der Waals surface area contributed by atoms with Gasteiger partial charge < -0.3 is 9.88 Å². The number of thiazole rings is 1. The number of hydrogen-bond donors (Lipinski definition) is 1. The number of rotatable bonds is 6. The van der Waals surface area contributed by atoms with E-state index in [2.05, 4.69) is 59.2 Å². The van der Waals surface area contributed by atoms with E-state index < -0.39 is 0 Å². The molecule has 2 aromatic carbocycles. The van der Waals surface area contributed by atoms with Crippen LogP contribution < -0.4 is 5.32 Å². The van der Waals surface area contributed by atoms with Crippen LogP contribution in [0, 0.1) is 6.92 Å². The molecule has 6 heteroatoms. The quantitative estimate of drug-likeness (QED) is 0.426. The van der Waals surface area contributed by atoms with Crippen LogP contribution in [-0.4, -0.2) is 21.2 Å². The predicted molar refractivity (Wildman–Crippen MR) is 116 cm³/mol. The Bertz CT molecular complexity index is 1110. The Morgan fingerprint density at radius 1 is 1.26 bits per heavy atom. The van der Waals surface area contributed by atoms with Crippen molar-refractivity contribution in [1.29, 1.82) is 0 Å². The fourth-order valence-electron chi connectivity index (χ4n) is 3.14. The Morgan fingerprint density at radius 2 is 2.11 bits per heavy atom. The van der Waals surface area contributed by atoms with Crippen molar-refractivity contribution in [3.63, 3.8) is 0 Å². The highest BCUT2D eigenvalue weighted by atomic mass is 32.2. The Labute approximate surface area is 166 Å². The zero-order valence-electron chi connectivity index (χ0n) is 15.4. The van der Waals surface area contributed by atoms with Crippen molar-refractivity contribution in [2.45, 2.75) is 31.7 Å². The van der Waals surface area contributed by atoms with Gasteiger partial charge in [-0.2, -0.15) is 0 Å². The monoisotopic (exact) mass is 395 g/mol. The third-order valence-electron chi connectivity index (χ3n) is 4.37. The molecule has 0 unspecified atom stereocenters. The molecule has 0 aliphatic rings. The second kappa shape index (κ2) is 7.74. The van der Waals surface area contributed by atoms with Crippen LogP contribution in [0.25, 0.3) is 21.1 Å². The minimum atomic E-state index is -0.0249.